The monoisotopic (exact) mass is 479 g/mol. The van der Waals surface area contributed by atoms with Gasteiger partial charge in [-0.2, -0.15) is 0 Å². The molecule has 1 unspecified atom stereocenters. The zero-order chi connectivity index (χ0) is 25.6. The summed E-state index contributed by atoms with van der Waals surface area (Å²) in [7, 11) is 0. The summed E-state index contributed by atoms with van der Waals surface area (Å²) in [5.41, 5.74) is 4.80. The van der Waals surface area contributed by atoms with Gasteiger partial charge in [0, 0.05) is 24.1 Å². The molecule has 0 aliphatic heterocycles. The van der Waals surface area contributed by atoms with Crippen LogP contribution in [0.25, 0.3) is 17.3 Å². The van der Waals surface area contributed by atoms with E-state index in [0.29, 0.717) is 5.69 Å². The van der Waals surface area contributed by atoms with E-state index in [0.717, 1.165) is 66.0 Å². The molecule has 0 amide bonds. The third kappa shape index (κ3) is 6.98. The maximum absolute atomic E-state index is 13.6. The van der Waals surface area contributed by atoms with E-state index in [9.17, 15) is 13.6 Å². The van der Waals surface area contributed by atoms with Gasteiger partial charge in [0.25, 0.3) is 5.92 Å². The Bertz CT molecular complexity index is 1170. The highest BCUT2D eigenvalue weighted by molar-refractivity contribution is 5.85. The summed E-state index contributed by atoms with van der Waals surface area (Å²) >= 11 is 0. The minimum absolute atomic E-state index is 0.0332. The number of carboxylic acids is 1. The highest BCUT2D eigenvalue weighted by Gasteiger charge is 2.24. The average molecular weight is 480 g/mol. The number of nitrogens with zero attached hydrogens (tertiary/aromatic N) is 1. The largest absolute Gasteiger partial charge is 0.484 e. The molecule has 2 aromatic carbocycles. The van der Waals surface area contributed by atoms with Crippen LogP contribution in [0.5, 0.6) is 5.75 Å². The highest BCUT2D eigenvalue weighted by Crippen LogP contribution is 2.33. The molecule has 0 aliphatic carbocycles. The fraction of sp³-hybridized carbons (Fsp3) is 0.310. The minimum Gasteiger partial charge on any atom is -0.484 e. The second-order valence-corrected chi connectivity index (χ2v) is 8.82. The van der Waals surface area contributed by atoms with E-state index < -0.39 is 11.9 Å². The Labute approximate surface area is 205 Å². The second-order valence-electron chi connectivity index (χ2n) is 8.82. The van der Waals surface area contributed by atoms with E-state index in [1.165, 1.54) is 12.1 Å². The predicted molar refractivity (Wildman–Crippen MR) is 135 cm³/mol. The number of rotatable bonds is 10. The Kier molecular flexibility index (Phi) is 8.39. The number of carboxylic acid groups (broad SMARTS) is 1. The number of aryl methyl sites for hydroxylation is 2. The van der Waals surface area contributed by atoms with E-state index in [2.05, 4.69) is 6.92 Å². The van der Waals surface area contributed by atoms with E-state index in [4.69, 9.17) is 14.8 Å². The zero-order valence-electron chi connectivity index (χ0n) is 20.5. The van der Waals surface area contributed by atoms with Crippen LogP contribution in [0.4, 0.5) is 8.78 Å². The SMILES string of the molecule is CCCCC(Oc1c(C)cc(/C=C/C(=O)O)cc1C)c1cccc(-c2ccc(C(C)(F)F)cc2)n1. The molecule has 184 valence electrons. The lowest BCUT2D eigenvalue weighted by Crippen LogP contribution is -2.12. The molecule has 0 spiro atoms. The minimum atomic E-state index is -2.89. The lowest BCUT2D eigenvalue weighted by Gasteiger charge is -2.22. The molecular weight excluding hydrogens is 448 g/mol. The van der Waals surface area contributed by atoms with Crippen LogP contribution in [0, 0.1) is 13.8 Å². The van der Waals surface area contributed by atoms with Crippen LogP contribution in [0.1, 0.15) is 67.2 Å². The standard InChI is InChI=1S/C29H31F2NO3/c1-5-6-10-26(35-28-19(2)17-21(18-20(28)3)11-16-27(33)34)25-9-7-8-24(32-25)22-12-14-23(15-13-22)29(4,30)31/h7-9,11-18,26H,5-6,10H2,1-4H3,(H,33,34)/b16-11+. The summed E-state index contributed by atoms with van der Waals surface area (Å²) in [6, 6.07) is 15.7. The smallest absolute Gasteiger partial charge is 0.328 e. The van der Waals surface area contributed by atoms with Gasteiger partial charge in [0.15, 0.2) is 0 Å². The van der Waals surface area contributed by atoms with Gasteiger partial charge in [-0.3, -0.25) is 0 Å². The highest BCUT2D eigenvalue weighted by atomic mass is 19.3. The first-order valence-electron chi connectivity index (χ1n) is 11.7. The normalized spacial score (nSPS) is 12.6. The first-order chi connectivity index (χ1) is 16.6. The first-order valence-corrected chi connectivity index (χ1v) is 11.7. The van der Waals surface area contributed by atoms with E-state index in [1.807, 2.05) is 44.2 Å². The van der Waals surface area contributed by atoms with Gasteiger partial charge in [0.1, 0.15) is 11.9 Å². The number of aromatic nitrogens is 1. The molecule has 0 saturated carbocycles. The summed E-state index contributed by atoms with van der Waals surface area (Å²) < 4.78 is 33.7. The lowest BCUT2D eigenvalue weighted by molar-refractivity contribution is -0.131. The van der Waals surface area contributed by atoms with Crippen molar-refractivity contribution in [2.45, 2.75) is 59.0 Å². The molecule has 1 aromatic heterocycles. The summed E-state index contributed by atoms with van der Waals surface area (Å²) in [5, 5.41) is 8.90. The Morgan fingerprint density at radius 2 is 1.77 bits per heavy atom. The van der Waals surface area contributed by atoms with Gasteiger partial charge in [0.05, 0.1) is 11.4 Å². The third-order valence-corrected chi connectivity index (χ3v) is 5.77. The van der Waals surface area contributed by atoms with Crippen molar-refractivity contribution in [3.8, 4) is 17.0 Å². The Morgan fingerprint density at radius 3 is 2.34 bits per heavy atom. The molecule has 1 heterocycles. The van der Waals surface area contributed by atoms with Crippen LogP contribution in [0.2, 0.25) is 0 Å². The first kappa shape index (κ1) is 26.1. The number of carbonyl (C=O) groups is 1. The predicted octanol–water partition coefficient (Wildman–Crippen LogP) is 7.89. The molecule has 0 radical (unpaired) electrons. The van der Waals surface area contributed by atoms with Crippen molar-refractivity contribution in [2.24, 2.45) is 0 Å². The van der Waals surface area contributed by atoms with Crippen LogP contribution in [0.15, 0.2) is 60.7 Å². The number of alkyl halides is 2. The molecular formula is C29H31F2NO3. The van der Waals surface area contributed by atoms with Crippen molar-refractivity contribution >= 4 is 12.0 Å². The molecule has 0 aliphatic rings. The molecule has 3 rings (SSSR count). The lowest BCUT2D eigenvalue weighted by atomic mass is 10.0. The fourth-order valence-corrected chi connectivity index (χ4v) is 3.96. The van der Waals surface area contributed by atoms with Gasteiger partial charge in [0.2, 0.25) is 0 Å². The summed E-state index contributed by atoms with van der Waals surface area (Å²) in [4.78, 5) is 15.7. The summed E-state index contributed by atoms with van der Waals surface area (Å²) in [5.74, 6) is -3.13. The maximum atomic E-state index is 13.6. The topological polar surface area (TPSA) is 59.4 Å². The van der Waals surface area contributed by atoms with Gasteiger partial charge >= 0.3 is 5.97 Å². The number of halogens is 2. The number of hydrogen-bond acceptors (Lipinski definition) is 3. The van der Waals surface area contributed by atoms with Gasteiger partial charge in [-0.05, 0) is 73.7 Å². The van der Waals surface area contributed by atoms with Crippen molar-refractivity contribution in [1.29, 1.82) is 0 Å². The number of aliphatic carboxylic acids is 1. The zero-order valence-corrected chi connectivity index (χ0v) is 20.5. The van der Waals surface area contributed by atoms with Crippen molar-refractivity contribution in [2.75, 3.05) is 0 Å². The quantitative estimate of drug-likeness (QED) is 0.300. The maximum Gasteiger partial charge on any atom is 0.328 e. The van der Waals surface area contributed by atoms with Gasteiger partial charge in [-0.25, -0.2) is 18.6 Å². The molecule has 0 fully saturated rings. The van der Waals surface area contributed by atoms with Gasteiger partial charge in [-0.15, -0.1) is 0 Å². The molecule has 35 heavy (non-hydrogen) atoms. The summed E-state index contributed by atoms with van der Waals surface area (Å²) in [6.07, 6.45) is 5.12. The Balaban J connectivity index is 1.91. The number of unbranched alkanes of at least 4 members (excludes halogenated alkanes) is 1. The van der Waals surface area contributed by atoms with E-state index >= 15 is 0 Å². The number of hydrogen-bond donors (Lipinski definition) is 1. The molecule has 0 bridgehead atoms. The van der Waals surface area contributed by atoms with Gasteiger partial charge < -0.3 is 9.84 Å². The van der Waals surface area contributed by atoms with Gasteiger partial charge in [-0.1, -0.05) is 43.7 Å². The number of pyridine rings is 1. The molecule has 0 saturated heterocycles. The average Bonchev–Trinajstić information content (AvgIpc) is 2.81. The van der Waals surface area contributed by atoms with Crippen LogP contribution in [0.3, 0.4) is 0 Å². The molecule has 4 nitrogen and oxygen atoms in total. The molecule has 1 atom stereocenters. The van der Waals surface area contributed by atoms with Crippen molar-refractivity contribution in [1.82, 2.24) is 4.98 Å². The number of benzene rings is 2. The van der Waals surface area contributed by atoms with Crippen molar-refractivity contribution in [3.63, 3.8) is 0 Å². The van der Waals surface area contributed by atoms with E-state index in [-0.39, 0.29) is 11.7 Å². The second kappa shape index (κ2) is 11.3. The van der Waals surface area contributed by atoms with Crippen molar-refractivity contribution in [3.05, 3.63) is 88.6 Å². The molecule has 1 N–H and O–H groups in total. The Hall–Kier alpha value is -3.54. The number of ether oxygens (including phenoxy) is 1. The van der Waals surface area contributed by atoms with Crippen LogP contribution < -0.4 is 4.74 Å². The van der Waals surface area contributed by atoms with Crippen LogP contribution in [-0.4, -0.2) is 16.1 Å². The Morgan fingerprint density at radius 1 is 1.11 bits per heavy atom. The van der Waals surface area contributed by atoms with E-state index in [1.54, 1.807) is 18.2 Å². The molecule has 6 heteroatoms. The van der Waals surface area contributed by atoms with Crippen LogP contribution in [-0.2, 0) is 10.7 Å². The molecule has 3 aromatic rings. The third-order valence-electron chi connectivity index (χ3n) is 5.77. The summed E-state index contributed by atoms with van der Waals surface area (Å²) in [6.45, 7) is 6.88. The fourth-order valence-electron chi connectivity index (χ4n) is 3.96. The van der Waals surface area contributed by atoms with Crippen molar-refractivity contribution < 1.29 is 23.4 Å². The van der Waals surface area contributed by atoms with Crippen LogP contribution >= 0.6 is 0 Å².